The number of halogens is 1. The van der Waals surface area contributed by atoms with Gasteiger partial charge < -0.3 is 14.2 Å². The molecule has 0 atom stereocenters. The molecule has 0 aliphatic heterocycles. The number of esters is 1. The summed E-state index contributed by atoms with van der Waals surface area (Å²) < 4.78 is 28.8. The van der Waals surface area contributed by atoms with E-state index in [-0.39, 0.29) is 18.4 Å². The summed E-state index contributed by atoms with van der Waals surface area (Å²) in [5, 5.41) is 2.58. The van der Waals surface area contributed by atoms with Gasteiger partial charge in [0, 0.05) is 5.69 Å². The molecule has 0 saturated heterocycles. The fourth-order valence-corrected chi connectivity index (χ4v) is 3.13. The summed E-state index contributed by atoms with van der Waals surface area (Å²) in [4.78, 5) is 23.4. The van der Waals surface area contributed by atoms with Gasteiger partial charge in [0.15, 0.2) is 0 Å². The molecule has 0 spiro atoms. The molecule has 1 aromatic rings. The second-order valence-electron chi connectivity index (χ2n) is 8.22. The van der Waals surface area contributed by atoms with Crippen molar-refractivity contribution in [2.75, 3.05) is 25.1 Å². The van der Waals surface area contributed by atoms with Crippen molar-refractivity contribution in [3.63, 3.8) is 0 Å². The molecule has 1 fully saturated rings. The topological polar surface area (TPSA) is 73.9 Å². The van der Waals surface area contributed by atoms with E-state index in [0.717, 1.165) is 25.7 Å². The Morgan fingerprint density at radius 1 is 1.04 bits per heavy atom. The van der Waals surface area contributed by atoms with Crippen LogP contribution in [0.3, 0.4) is 0 Å². The molecular weight excluding hydrogens is 365 g/mol. The molecule has 0 radical (unpaired) electrons. The van der Waals surface area contributed by atoms with Crippen molar-refractivity contribution in [2.45, 2.75) is 52.1 Å². The summed E-state index contributed by atoms with van der Waals surface area (Å²) in [5.74, 6) is 0.0281. The summed E-state index contributed by atoms with van der Waals surface area (Å²) in [7, 11) is 0. The summed E-state index contributed by atoms with van der Waals surface area (Å²) in [5.41, 5.74) is -0.00107. The number of carbonyl (C=O) groups is 2. The predicted molar refractivity (Wildman–Crippen MR) is 103 cm³/mol. The van der Waals surface area contributed by atoms with Crippen LogP contribution in [0.2, 0.25) is 0 Å². The minimum absolute atomic E-state index is 0.0239. The molecule has 1 amide bonds. The van der Waals surface area contributed by atoms with Gasteiger partial charge in [-0.25, -0.2) is 14.0 Å². The highest BCUT2D eigenvalue weighted by molar-refractivity contribution is 5.84. The van der Waals surface area contributed by atoms with Crippen LogP contribution >= 0.6 is 0 Å². The first kappa shape index (κ1) is 22.1. The number of hydrogen-bond donors (Lipinski definition) is 1. The number of carbonyl (C=O) groups excluding carboxylic acids is 2. The van der Waals surface area contributed by atoms with Crippen molar-refractivity contribution in [2.24, 2.45) is 11.8 Å². The summed E-state index contributed by atoms with van der Waals surface area (Å²) in [6, 6.07) is 5.53. The second kappa shape index (κ2) is 10.4. The van der Waals surface area contributed by atoms with Crippen LogP contribution in [0.1, 0.15) is 46.5 Å². The van der Waals surface area contributed by atoms with E-state index in [2.05, 4.69) is 5.32 Å². The first-order chi connectivity index (χ1) is 13.2. The zero-order chi connectivity index (χ0) is 20.6. The van der Waals surface area contributed by atoms with Crippen LogP contribution in [0.15, 0.2) is 24.3 Å². The number of benzene rings is 1. The lowest BCUT2D eigenvalue weighted by molar-refractivity contribution is -0.160. The van der Waals surface area contributed by atoms with Crippen LogP contribution < -0.4 is 5.32 Å². The average molecular weight is 395 g/mol. The van der Waals surface area contributed by atoms with Gasteiger partial charge in [-0.15, -0.1) is 0 Å². The predicted octanol–water partition coefficient (Wildman–Crippen LogP) is 4.54. The summed E-state index contributed by atoms with van der Waals surface area (Å²) in [6.45, 7) is 6.36. The highest BCUT2D eigenvalue weighted by Crippen LogP contribution is 2.29. The van der Waals surface area contributed by atoms with Crippen LogP contribution in [-0.2, 0) is 19.0 Å². The molecule has 0 aromatic heterocycles. The molecule has 0 heterocycles. The summed E-state index contributed by atoms with van der Waals surface area (Å²) >= 11 is 0. The van der Waals surface area contributed by atoms with E-state index in [1.165, 1.54) is 24.3 Å². The van der Waals surface area contributed by atoms with Crippen molar-refractivity contribution in [3.8, 4) is 0 Å². The number of nitrogens with one attached hydrogen (secondary N) is 1. The maximum absolute atomic E-state index is 12.9. The minimum Gasteiger partial charge on any atom is -0.458 e. The van der Waals surface area contributed by atoms with Crippen LogP contribution in [0.5, 0.6) is 0 Å². The van der Waals surface area contributed by atoms with Crippen molar-refractivity contribution >= 4 is 17.7 Å². The van der Waals surface area contributed by atoms with Gasteiger partial charge in [-0.1, -0.05) is 0 Å². The molecule has 28 heavy (non-hydrogen) atoms. The van der Waals surface area contributed by atoms with Gasteiger partial charge in [0.25, 0.3) is 0 Å². The molecule has 156 valence electrons. The monoisotopic (exact) mass is 395 g/mol. The Hall–Kier alpha value is -2.15. The fourth-order valence-electron chi connectivity index (χ4n) is 3.13. The number of hydrogen-bond acceptors (Lipinski definition) is 5. The fraction of sp³-hybridized carbons (Fsp3) is 0.619. The zero-order valence-electron chi connectivity index (χ0n) is 16.8. The third-order valence-electron chi connectivity index (χ3n) is 4.50. The lowest BCUT2D eigenvalue weighted by atomic mass is 9.83. The van der Waals surface area contributed by atoms with Crippen molar-refractivity contribution in [1.82, 2.24) is 0 Å². The SMILES string of the molecule is CC(C)(C)OC(=O)COCC1CCC(COC(=O)Nc2ccc(F)cc2)CC1. The lowest BCUT2D eigenvalue weighted by Crippen LogP contribution is -2.28. The van der Waals surface area contributed by atoms with E-state index in [1.54, 1.807) is 0 Å². The Kier molecular flexibility index (Phi) is 8.23. The van der Waals surface area contributed by atoms with Gasteiger partial charge in [0.1, 0.15) is 18.0 Å². The molecule has 1 aromatic carbocycles. The van der Waals surface area contributed by atoms with E-state index in [0.29, 0.717) is 30.7 Å². The number of ether oxygens (including phenoxy) is 3. The number of anilines is 1. The second-order valence-corrected chi connectivity index (χ2v) is 8.22. The molecule has 1 saturated carbocycles. The first-order valence-corrected chi connectivity index (χ1v) is 9.70. The summed E-state index contributed by atoms with van der Waals surface area (Å²) in [6.07, 6.45) is 3.31. The van der Waals surface area contributed by atoms with E-state index >= 15 is 0 Å². The number of rotatable bonds is 7. The Bertz CT molecular complexity index is 633. The Balaban J connectivity index is 1.57. The maximum atomic E-state index is 12.9. The largest absolute Gasteiger partial charge is 0.458 e. The first-order valence-electron chi connectivity index (χ1n) is 9.70. The lowest BCUT2D eigenvalue weighted by Gasteiger charge is -2.28. The molecular formula is C21H30FNO5. The molecule has 1 aliphatic carbocycles. The smallest absolute Gasteiger partial charge is 0.411 e. The standard InChI is InChI=1S/C21H30FNO5/c1-21(2,3)28-19(24)14-26-12-15-4-6-16(7-5-15)13-27-20(25)23-18-10-8-17(22)9-11-18/h8-11,15-16H,4-7,12-14H2,1-3H3,(H,23,25). The van der Waals surface area contributed by atoms with Gasteiger partial charge in [-0.2, -0.15) is 0 Å². The molecule has 0 bridgehead atoms. The Morgan fingerprint density at radius 2 is 1.61 bits per heavy atom. The normalized spacial score (nSPS) is 19.7. The van der Waals surface area contributed by atoms with Gasteiger partial charge in [-0.3, -0.25) is 5.32 Å². The van der Waals surface area contributed by atoms with Crippen molar-refractivity contribution in [3.05, 3.63) is 30.1 Å². The van der Waals surface area contributed by atoms with E-state index < -0.39 is 11.7 Å². The average Bonchev–Trinajstić information content (AvgIpc) is 2.61. The van der Waals surface area contributed by atoms with Gasteiger partial charge in [0.2, 0.25) is 0 Å². The van der Waals surface area contributed by atoms with Crippen LogP contribution in [-0.4, -0.2) is 37.5 Å². The third-order valence-corrected chi connectivity index (χ3v) is 4.50. The minimum atomic E-state index is -0.533. The molecule has 2 rings (SSSR count). The third kappa shape index (κ3) is 8.69. The van der Waals surface area contributed by atoms with Crippen molar-refractivity contribution in [1.29, 1.82) is 0 Å². The number of amides is 1. The molecule has 7 heteroatoms. The van der Waals surface area contributed by atoms with E-state index in [4.69, 9.17) is 14.2 Å². The van der Waals surface area contributed by atoms with E-state index in [9.17, 15) is 14.0 Å². The molecule has 6 nitrogen and oxygen atoms in total. The van der Waals surface area contributed by atoms with Crippen LogP contribution in [0.25, 0.3) is 0 Å². The quantitative estimate of drug-likeness (QED) is 0.686. The van der Waals surface area contributed by atoms with Gasteiger partial charge in [0.05, 0.1) is 13.2 Å². The Morgan fingerprint density at radius 3 is 2.18 bits per heavy atom. The van der Waals surface area contributed by atoms with Gasteiger partial charge in [-0.05, 0) is 82.6 Å². The zero-order valence-corrected chi connectivity index (χ0v) is 16.8. The van der Waals surface area contributed by atoms with Gasteiger partial charge >= 0.3 is 12.1 Å². The van der Waals surface area contributed by atoms with E-state index in [1.807, 2.05) is 20.8 Å². The maximum Gasteiger partial charge on any atom is 0.411 e. The molecule has 1 aliphatic rings. The van der Waals surface area contributed by atoms with Crippen LogP contribution in [0, 0.1) is 17.7 Å². The molecule has 0 unspecified atom stereocenters. The highest BCUT2D eigenvalue weighted by atomic mass is 19.1. The van der Waals surface area contributed by atoms with Crippen molar-refractivity contribution < 1.29 is 28.2 Å². The Labute approximate surface area is 165 Å². The van der Waals surface area contributed by atoms with Crippen LogP contribution in [0.4, 0.5) is 14.9 Å². The highest BCUT2D eigenvalue weighted by Gasteiger charge is 2.23. The molecule has 1 N–H and O–H groups in total.